The van der Waals surface area contributed by atoms with E-state index in [-0.39, 0.29) is 25.2 Å². The summed E-state index contributed by atoms with van der Waals surface area (Å²) in [5, 5.41) is 11.9. The molecule has 1 aromatic rings. The second kappa shape index (κ2) is 7.00. The highest BCUT2D eigenvalue weighted by Gasteiger charge is 2.51. The molecule has 0 radical (unpaired) electrons. The molecule has 158 valence electrons. The maximum absolute atomic E-state index is 13.1. The summed E-state index contributed by atoms with van der Waals surface area (Å²) in [6.07, 6.45) is -5.97. The van der Waals surface area contributed by atoms with Gasteiger partial charge in [0.1, 0.15) is 6.04 Å². The number of amides is 1. The quantitative estimate of drug-likeness (QED) is 0.686. The van der Waals surface area contributed by atoms with E-state index in [2.05, 4.69) is 0 Å². The fraction of sp³-hybridized carbons (Fsp3) is 0.611. The number of piperazine rings is 1. The van der Waals surface area contributed by atoms with E-state index >= 15 is 0 Å². The molecular formula is C18H25F3N2O4S. The molecule has 2 atom stereocenters. The average molecular weight is 422 g/mol. The first kappa shape index (κ1) is 22.6. The second-order valence-electron chi connectivity index (χ2n) is 8.22. The van der Waals surface area contributed by atoms with E-state index in [0.717, 1.165) is 16.4 Å². The number of sulfonamides is 1. The molecule has 10 heteroatoms. The number of benzene rings is 1. The van der Waals surface area contributed by atoms with E-state index in [4.69, 9.17) is 0 Å². The van der Waals surface area contributed by atoms with Gasteiger partial charge in [-0.15, -0.1) is 0 Å². The first-order chi connectivity index (χ1) is 12.5. The molecule has 1 amide bonds. The number of halogens is 3. The van der Waals surface area contributed by atoms with Crippen LogP contribution < -0.4 is 5.11 Å². The Balaban J connectivity index is 2.45. The lowest BCUT2D eigenvalue weighted by molar-refractivity contribution is -0.943. The van der Waals surface area contributed by atoms with Crippen LogP contribution in [0.2, 0.25) is 0 Å². The van der Waals surface area contributed by atoms with E-state index in [9.17, 15) is 31.5 Å². The van der Waals surface area contributed by atoms with Gasteiger partial charge in [0.25, 0.3) is 6.09 Å². The number of quaternary nitrogens is 1. The van der Waals surface area contributed by atoms with Crippen LogP contribution in [0.25, 0.3) is 0 Å². The van der Waals surface area contributed by atoms with Crippen molar-refractivity contribution in [3.05, 3.63) is 29.3 Å². The summed E-state index contributed by atoms with van der Waals surface area (Å²) in [6, 6.07) is 1.96. The maximum Gasteiger partial charge on any atom is 0.416 e. The first-order valence-corrected chi connectivity index (χ1v) is 10.3. The summed E-state index contributed by atoms with van der Waals surface area (Å²) in [4.78, 5) is 11.5. The SMILES string of the molecule is Cc1ccc(C(F)(F)F)cc1S(=O)(=O)N1CC[N+](C(=O)[O-])(C(C)(C)C)[C@@H](C)C1. The minimum absolute atomic E-state index is 0.0375. The minimum atomic E-state index is -4.67. The first-order valence-electron chi connectivity index (χ1n) is 8.82. The normalized spacial score (nSPS) is 24.9. The zero-order chi connectivity index (χ0) is 21.7. The van der Waals surface area contributed by atoms with Crippen molar-refractivity contribution >= 4 is 16.1 Å². The summed E-state index contributed by atoms with van der Waals surface area (Å²) in [5.41, 5.74) is -1.58. The Morgan fingerprint density at radius 3 is 2.25 bits per heavy atom. The molecule has 2 rings (SSSR count). The molecule has 0 aliphatic carbocycles. The van der Waals surface area contributed by atoms with E-state index < -0.39 is 48.8 Å². The van der Waals surface area contributed by atoms with Crippen molar-refractivity contribution < 1.29 is 36.0 Å². The number of carbonyl (C=O) groups excluding carboxylic acids is 1. The Morgan fingerprint density at radius 1 is 1.25 bits per heavy atom. The van der Waals surface area contributed by atoms with Gasteiger partial charge in [-0.1, -0.05) is 6.07 Å². The minimum Gasteiger partial charge on any atom is -0.498 e. The topological polar surface area (TPSA) is 77.5 Å². The zero-order valence-electron chi connectivity index (χ0n) is 16.5. The fourth-order valence-electron chi connectivity index (χ4n) is 3.97. The highest BCUT2D eigenvalue weighted by molar-refractivity contribution is 7.89. The van der Waals surface area contributed by atoms with E-state index in [1.807, 2.05) is 0 Å². The Bertz CT molecular complexity index is 878. The molecule has 1 aliphatic rings. The van der Waals surface area contributed by atoms with Crippen molar-refractivity contribution in [2.45, 2.75) is 57.3 Å². The van der Waals surface area contributed by atoms with Crippen LogP contribution in [-0.4, -0.2) is 54.5 Å². The van der Waals surface area contributed by atoms with Crippen LogP contribution in [0.3, 0.4) is 0 Å². The van der Waals surface area contributed by atoms with Gasteiger partial charge < -0.3 is 9.90 Å². The average Bonchev–Trinajstić information content (AvgIpc) is 2.52. The lowest BCUT2D eigenvalue weighted by atomic mass is 9.96. The van der Waals surface area contributed by atoms with Gasteiger partial charge in [-0.3, -0.25) is 4.48 Å². The van der Waals surface area contributed by atoms with E-state index in [1.54, 1.807) is 27.7 Å². The summed E-state index contributed by atoms with van der Waals surface area (Å²) in [5.74, 6) is 0. The third-order valence-electron chi connectivity index (χ3n) is 5.58. The molecular weight excluding hydrogens is 397 g/mol. The van der Waals surface area contributed by atoms with Gasteiger partial charge >= 0.3 is 6.18 Å². The largest absolute Gasteiger partial charge is 0.498 e. The highest BCUT2D eigenvalue weighted by atomic mass is 32.2. The van der Waals surface area contributed by atoms with Crippen LogP contribution in [0.4, 0.5) is 18.0 Å². The van der Waals surface area contributed by atoms with Crippen LogP contribution in [0, 0.1) is 6.92 Å². The number of nitrogens with zero attached hydrogens (tertiary/aromatic N) is 2. The van der Waals surface area contributed by atoms with Gasteiger partial charge in [-0.2, -0.15) is 17.5 Å². The van der Waals surface area contributed by atoms with Gasteiger partial charge in [-0.25, -0.2) is 8.42 Å². The van der Waals surface area contributed by atoms with Gasteiger partial charge in [0.05, 0.1) is 35.6 Å². The van der Waals surface area contributed by atoms with Crippen LogP contribution in [-0.2, 0) is 16.2 Å². The summed E-state index contributed by atoms with van der Waals surface area (Å²) in [7, 11) is -4.22. The van der Waals surface area contributed by atoms with Gasteiger partial charge in [0.2, 0.25) is 10.0 Å². The molecule has 0 N–H and O–H groups in total. The fourth-order valence-corrected chi connectivity index (χ4v) is 5.73. The van der Waals surface area contributed by atoms with Gasteiger partial charge in [0, 0.05) is 0 Å². The van der Waals surface area contributed by atoms with Gasteiger partial charge in [-0.05, 0) is 52.3 Å². The van der Waals surface area contributed by atoms with Crippen molar-refractivity contribution in [1.29, 1.82) is 0 Å². The molecule has 0 aromatic heterocycles. The molecule has 1 aromatic carbocycles. The lowest BCUT2D eigenvalue weighted by Gasteiger charge is -2.55. The number of alkyl halides is 3. The number of hydrogen-bond acceptors (Lipinski definition) is 4. The smallest absolute Gasteiger partial charge is 0.416 e. The predicted molar refractivity (Wildman–Crippen MR) is 94.7 cm³/mol. The van der Waals surface area contributed by atoms with Crippen molar-refractivity contribution in [1.82, 2.24) is 4.31 Å². The number of rotatable bonds is 2. The summed E-state index contributed by atoms with van der Waals surface area (Å²) in [6.45, 7) is 7.95. The molecule has 0 bridgehead atoms. The molecule has 1 aliphatic heterocycles. The van der Waals surface area contributed by atoms with E-state index in [1.165, 1.54) is 6.92 Å². The molecule has 1 fully saturated rings. The van der Waals surface area contributed by atoms with Crippen LogP contribution in [0.5, 0.6) is 0 Å². The maximum atomic E-state index is 13.1. The van der Waals surface area contributed by atoms with E-state index in [0.29, 0.717) is 6.07 Å². The number of carbonyl (C=O) groups is 1. The van der Waals surface area contributed by atoms with Crippen LogP contribution in [0.15, 0.2) is 23.1 Å². The third-order valence-corrected chi connectivity index (χ3v) is 7.59. The molecule has 6 nitrogen and oxygen atoms in total. The van der Waals surface area contributed by atoms with Crippen molar-refractivity contribution in [3.63, 3.8) is 0 Å². The van der Waals surface area contributed by atoms with Crippen molar-refractivity contribution in [3.8, 4) is 0 Å². The van der Waals surface area contributed by atoms with Crippen LogP contribution >= 0.6 is 0 Å². The highest BCUT2D eigenvalue weighted by Crippen LogP contribution is 2.36. The number of aryl methyl sites for hydroxylation is 1. The zero-order valence-corrected chi connectivity index (χ0v) is 17.3. The number of hydrogen-bond donors (Lipinski definition) is 0. The molecule has 1 saturated heterocycles. The Morgan fingerprint density at radius 2 is 1.82 bits per heavy atom. The van der Waals surface area contributed by atoms with Gasteiger partial charge in [0.15, 0.2) is 0 Å². The molecule has 28 heavy (non-hydrogen) atoms. The molecule has 1 unspecified atom stereocenters. The Labute approximate surface area is 163 Å². The molecule has 0 spiro atoms. The number of carboxylic acid groups (broad SMARTS) is 1. The monoisotopic (exact) mass is 422 g/mol. The van der Waals surface area contributed by atoms with Crippen molar-refractivity contribution in [2.24, 2.45) is 0 Å². The summed E-state index contributed by atoms with van der Waals surface area (Å²) >= 11 is 0. The summed E-state index contributed by atoms with van der Waals surface area (Å²) < 4.78 is 65.8. The lowest BCUT2D eigenvalue weighted by Crippen LogP contribution is -2.76. The van der Waals surface area contributed by atoms with Crippen LogP contribution in [0.1, 0.15) is 38.8 Å². The van der Waals surface area contributed by atoms with Crippen molar-refractivity contribution in [2.75, 3.05) is 19.6 Å². The predicted octanol–water partition coefficient (Wildman–Crippen LogP) is 2.37. The Kier molecular flexibility index (Phi) is 5.66. The molecule has 1 heterocycles. The standard InChI is InChI=1S/C18H25F3N2O4S/c1-12-6-7-14(18(19,20)21)10-15(12)28(26,27)22-8-9-23(16(24)25,13(2)11-22)17(3,4)5/h6-7,10,13H,8-9,11H2,1-5H3/t13-,23?/m0/s1. The third kappa shape index (κ3) is 3.65. The molecule has 0 saturated carbocycles. The second-order valence-corrected chi connectivity index (χ2v) is 10.1. The Hall–Kier alpha value is -1.65.